The molecular weight excluding hydrogens is 390 g/mol. The Morgan fingerprint density at radius 2 is 1.84 bits per heavy atom. The number of methoxy groups -OCH3 is 1. The molecule has 3 aromatic rings. The summed E-state index contributed by atoms with van der Waals surface area (Å²) < 4.78 is 11.1. The van der Waals surface area contributed by atoms with Gasteiger partial charge in [0.15, 0.2) is 0 Å². The highest BCUT2D eigenvalue weighted by Gasteiger charge is 2.14. The molecule has 3 rings (SSSR count). The normalized spacial score (nSPS) is 10.9. The Morgan fingerprint density at radius 3 is 2.52 bits per heavy atom. The van der Waals surface area contributed by atoms with Crippen LogP contribution in [0.15, 0.2) is 54.6 Å². The van der Waals surface area contributed by atoms with Crippen LogP contribution in [0.1, 0.15) is 41.0 Å². The highest BCUT2D eigenvalue weighted by atomic mass is 16.5. The minimum Gasteiger partial charge on any atom is -0.457 e. The number of carbonyl (C=O) groups excluding carboxylic acids is 1. The Morgan fingerprint density at radius 1 is 1.10 bits per heavy atom. The number of hydrogen-bond acceptors (Lipinski definition) is 5. The van der Waals surface area contributed by atoms with Crippen LogP contribution in [0.3, 0.4) is 0 Å². The standard InChI is InChI=1S/C25H29N3O3/c1-16(2)12-18-6-5-7-21(14-18)31-20-10-8-19(9-11-20)27-25(29)22-13-17(3)23(15-30-4)28-24(22)26/h5-11,13-14,16H,12,15H2,1-4H3,(H2,26,28)(H,27,29). The topological polar surface area (TPSA) is 86.5 Å². The molecule has 1 aromatic heterocycles. The lowest BCUT2D eigenvalue weighted by Gasteiger charge is -2.12. The second-order valence-corrected chi connectivity index (χ2v) is 7.94. The lowest BCUT2D eigenvalue weighted by Crippen LogP contribution is -2.16. The second kappa shape index (κ2) is 10.1. The Bertz CT molecular complexity index is 1050. The number of nitrogens with zero attached hydrogens (tertiary/aromatic N) is 1. The number of hydrogen-bond donors (Lipinski definition) is 2. The summed E-state index contributed by atoms with van der Waals surface area (Å²) in [6.07, 6.45) is 1.01. The number of carbonyl (C=O) groups is 1. The van der Waals surface area contributed by atoms with Crippen LogP contribution in [0.4, 0.5) is 11.5 Å². The molecule has 0 fully saturated rings. The van der Waals surface area contributed by atoms with E-state index in [1.807, 2.05) is 31.2 Å². The van der Waals surface area contributed by atoms with Crippen molar-refractivity contribution in [1.29, 1.82) is 0 Å². The third-order valence-corrected chi connectivity index (χ3v) is 4.76. The first-order chi connectivity index (χ1) is 14.9. The molecule has 0 radical (unpaired) electrons. The fourth-order valence-electron chi connectivity index (χ4n) is 3.28. The number of nitrogens with one attached hydrogen (secondary N) is 1. The van der Waals surface area contributed by atoms with Gasteiger partial charge in [0.05, 0.1) is 17.9 Å². The minimum absolute atomic E-state index is 0.177. The third-order valence-electron chi connectivity index (χ3n) is 4.76. The molecule has 1 heterocycles. The van der Waals surface area contributed by atoms with Crippen molar-refractivity contribution in [1.82, 2.24) is 4.98 Å². The number of nitrogens with two attached hydrogens (primary N) is 1. The van der Waals surface area contributed by atoms with Crippen LogP contribution >= 0.6 is 0 Å². The monoisotopic (exact) mass is 419 g/mol. The van der Waals surface area contributed by atoms with Gasteiger partial charge in [-0.3, -0.25) is 4.79 Å². The number of nitrogen functional groups attached to an aromatic ring is 1. The van der Waals surface area contributed by atoms with Crippen LogP contribution in [-0.4, -0.2) is 18.0 Å². The molecule has 0 saturated heterocycles. The molecular formula is C25H29N3O3. The fourth-order valence-corrected chi connectivity index (χ4v) is 3.28. The number of rotatable bonds is 8. The van der Waals surface area contributed by atoms with Gasteiger partial charge >= 0.3 is 0 Å². The Labute approximate surface area is 183 Å². The van der Waals surface area contributed by atoms with Crippen molar-refractivity contribution in [3.8, 4) is 11.5 Å². The van der Waals surface area contributed by atoms with Crippen molar-refractivity contribution >= 4 is 17.4 Å². The van der Waals surface area contributed by atoms with Crippen molar-refractivity contribution in [2.75, 3.05) is 18.2 Å². The molecule has 0 aliphatic heterocycles. The smallest absolute Gasteiger partial charge is 0.259 e. The average Bonchev–Trinajstić information content (AvgIpc) is 2.72. The maximum atomic E-state index is 12.7. The van der Waals surface area contributed by atoms with Gasteiger partial charge in [0.1, 0.15) is 17.3 Å². The van der Waals surface area contributed by atoms with Gasteiger partial charge in [-0.05, 0) is 72.9 Å². The van der Waals surface area contributed by atoms with E-state index in [-0.39, 0.29) is 11.7 Å². The van der Waals surface area contributed by atoms with Crippen molar-refractivity contribution < 1.29 is 14.3 Å². The van der Waals surface area contributed by atoms with Gasteiger partial charge in [-0.15, -0.1) is 0 Å². The molecule has 0 aliphatic carbocycles. The summed E-state index contributed by atoms with van der Waals surface area (Å²) in [5, 5.41) is 2.85. The van der Waals surface area contributed by atoms with Gasteiger partial charge in [0.25, 0.3) is 5.91 Å². The SMILES string of the molecule is COCc1nc(N)c(C(=O)Nc2ccc(Oc3cccc(CC(C)C)c3)cc2)cc1C. The lowest BCUT2D eigenvalue weighted by atomic mass is 10.0. The first-order valence-corrected chi connectivity index (χ1v) is 10.3. The molecule has 6 nitrogen and oxygen atoms in total. The van der Waals surface area contributed by atoms with E-state index >= 15 is 0 Å². The van der Waals surface area contributed by atoms with Crippen molar-refractivity contribution in [3.05, 3.63) is 77.0 Å². The maximum absolute atomic E-state index is 12.7. The van der Waals surface area contributed by atoms with Gasteiger partial charge in [0, 0.05) is 12.8 Å². The number of aromatic nitrogens is 1. The van der Waals surface area contributed by atoms with Crippen molar-refractivity contribution in [2.24, 2.45) is 5.92 Å². The van der Waals surface area contributed by atoms with Gasteiger partial charge in [0.2, 0.25) is 0 Å². The zero-order chi connectivity index (χ0) is 22.4. The first kappa shape index (κ1) is 22.3. The minimum atomic E-state index is -0.313. The molecule has 162 valence electrons. The van der Waals surface area contributed by atoms with Gasteiger partial charge in [-0.1, -0.05) is 26.0 Å². The van der Waals surface area contributed by atoms with Gasteiger partial charge in [-0.25, -0.2) is 4.98 Å². The molecule has 0 spiro atoms. The van der Waals surface area contributed by atoms with Crippen molar-refractivity contribution in [3.63, 3.8) is 0 Å². The number of benzene rings is 2. The number of anilines is 2. The van der Waals surface area contributed by atoms with E-state index in [1.165, 1.54) is 5.56 Å². The summed E-state index contributed by atoms with van der Waals surface area (Å²) in [5.41, 5.74) is 9.77. The van der Waals surface area contributed by atoms with E-state index in [4.69, 9.17) is 15.2 Å². The van der Waals surface area contributed by atoms with Crippen LogP contribution in [-0.2, 0) is 17.8 Å². The summed E-state index contributed by atoms with van der Waals surface area (Å²) in [6, 6.07) is 17.1. The Kier molecular flexibility index (Phi) is 7.26. The Hall–Kier alpha value is -3.38. The quantitative estimate of drug-likeness (QED) is 0.513. The van der Waals surface area contributed by atoms with Crippen molar-refractivity contribution in [2.45, 2.75) is 33.8 Å². The van der Waals surface area contributed by atoms with E-state index in [0.717, 1.165) is 23.4 Å². The second-order valence-electron chi connectivity index (χ2n) is 7.94. The molecule has 1 amide bonds. The van der Waals surface area contributed by atoms with E-state index in [2.05, 4.69) is 36.3 Å². The molecule has 0 unspecified atom stereocenters. The third kappa shape index (κ3) is 6.06. The fraction of sp³-hybridized carbons (Fsp3) is 0.280. The Balaban J connectivity index is 1.67. The van der Waals surface area contributed by atoms with Crippen LogP contribution in [0.25, 0.3) is 0 Å². The first-order valence-electron chi connectivity index (χ1n) is 10.3. The van der Waals surface area contributed by atoms with E-state index in [0.29, 0.717) is 29.5 Å². The van der Waals surface area contributed by atoms with Gasteiger partial charge in [-0.2, -0.15) is 0 Å². The summed E-state index contributed by atoms with van der Waals surface area (Å²) in [7, 11) is 1.59. The van der Waals surface area contributed by atoms with Gasteiger partial charge < -0.3 is 20.5 Å². The highest BCUT2D eigenvalue weighted by Crippen LogP contribution is 2.25. The van der Waals surface area contributed by atoms with E-state index < -0.39 is 0 Å². The number of amides is 1. The zero-order valence-corrected chi connectivity index (χ0v) is 18.4. The molecule has 0 bridgehead atoms. The lowest BCUT2D eigenvalue weighted by molar-refractivity contribution is 0.102. The highest BCUT2D eigenvalue weighted by molar-refractivity contribution is 6.07. The summed E-state index contributed by atoms with van der Waals surface area (Å²) in [6.45, 7) is 6.61. The van der Waals surface area contributed by atoms with Crippen LogP contribution < -0.4 is 15.8 Å². The molecule has 3 N–H and O–H groups in total. The molecule has 0 aliphatic rings. The molecule has 0 atom stereocenters. The predicted molar refractivity (Wildman–Crippen MR) is 124 cm³/mol. The van der Waals surface area contributed by atoms with E-state index in [9.17, 15) is 4.79 Å². The average molecular weight is 420 g/mol. The number of pyridine rings is 1. The number of aryl methyl sites for hydroxylation is 1. The largest absolute Gasteiger partial charge is 0.457 e. The summed E-state index contributed by atoms with van der Waals surface area (Å²) in [5.74, 6) is 1.94. The summed E-state index contributed by atoms with van der Waals surface area (Å²) in [4.78, 5) is 16.9. The number of ether oxygens (including phenoxy) is 2. The predicted octanol–water partition coefficient (Wildman–Crippen LogP) is 5.36. The van der Waals surface area contributed by atoms with Crippen LogP contribution in [0.2, 0.25) is 0 Å². The zero-order valence-electron chi connectivity index (χ0n) is 18.4. The molecule has 6 heteroatoms. The molecule has 2 aromatic carbocycles. The van der Waals surface area contributed by atoms with E-state index in [1.54, 1.807) is 25.3 Å². The summed E-state index contributed by atoms with van der Waals surface area (Å²) >= 11 is 0. The van der Waals surface area contributed by atoms with Crippen LogP contribution in [0, 0.1) is 12.8 Å². The van der Waals surface area contributed by atoms with Crippen LogP contribution in [0.5, 0.6) is 11.5 Å². The maximum Gasteiger partial charge on any atom is 0.259 e. The molecule has 31 heavy (non-hydrogen) atoms. The molecule has 0 saturated carbocycles.